The van der Waals surface area contributed by atoms with Gasteiger partial charge in [0.05, 0.1) is 17.1 Å². The van der Waals surface area contributed by atoms with Gasteiger partial charge in [-0.1, -0.05) is 12.1 Å². The Morgan fingerprint density at radius 1 is 0.970 bits per heavy atom. The van der Waals surface area contributed by atoms with Gasteiger partial charge in [0, 0.05) is 37.0 Å². The highest BCUT2D eigenvalue weighted by molar-refractivity contribution is 5.83. The number of nitrogens with two attached hydrogens (primary N) is 1. The third kappa shape index (κ3) is 4.23. The molecule has 5 rings (SSSR count). The number of imidazole rings is 1. The Balaban J connectivity index is 1.64. The van der Waals surface area contributed by atoms with Gasteiger partial charge in [-0.3, -0.25) is 14.4 Å². The van der Waals surface area contributed by atoms with E-state index in [9.17, 15) is 0 Å². The van der Waals surface area contributed by atoms with Crippen molar-refractivity contribution < 1.29 is 0 Å². The summed E-state index contributed by atoms with van der Waals surface area (Å²) in [5.41, 5.74) is 13.9. The van der Waals surface area contributed by atoms with Crippen LogP contribution in [0.3, 0.4) is 0 Å². The number of hydrogen-bond acceptors (Lipinski definition) is 7. The average molecular weight is 437 g/mol. The van der Waals surface area contributed by atoms with Crippen molar-refractivity contribution in [3.63, 3.8) is 0 Å². The lowest BCUT2D eigenvalue weighted by Crippen LogP contribution is -2.07. The number of pyridine rings is 3. The number of rotatable bonds is 6. The summed E-state index contributed by atoms with van der Waals surface area (Å²) in [6.45, 7) is 4.79. The van der Waals surface area contributed by atoms with E-state index in [0.29, 0.717) is 5.69 Å². The molecule has 3 N–H and O–H groups in total. The Bertz CT molecular complexity index is 1430. The lowest BCUT2D eigenvalue weighted by molar-refractivity contribution is 1.00. The Morgan fingerprint density at radius 3 is 2.67 bits per heavy atom. The van der Waals surface area contributed by atoms with E-state index < -0.39 is 0 Å². The molecule has 0 aliphatic carbocycles. The van der Waals surface area contributed by atoms with Crippen molar-refractivity contribution in [1.82, 2.24) is 29.3 Å². The molecule has 164 valence electrons. The highest BCUT2D eigenvalue weighted by Crippen LogP contribution is 2.34. The van der Waals surface area contributed by atoms with Gasteiger partial charge in [0.2, 0.25) is 5.95 Å². The highest BCUT2D eigenvalue weighted by atomic mass is 15.1. The summed E-state index contributed by atoms with van der Waals surface area (Å²) in [7, 11) is 0. The van der Waals surface area contributed by atoms with E-state index in [4.69, 9.17) is 15.7 Å². The summed E-state index contributed by atoms with van der Waals surface area (Å²) in [4.78, 5) is 22.5. The molecule has 0 spiro atoms. The second-order valence-electron chi connectivity index (χ2n) is 7.94. The third-order valence-electron chi connectivity index (χ3n) is 5.36. The van der Waals surface area contributed by atoms with Crippen LogP contribution < -0.4 is 11.1 Å². The molecule has 0 fully saturated rings. The van der Waals surface area contributed by atoms with Gasteiger partial charge in [-0.2, -0.15) is 0 Å². The van der Waals surface area contributed by atoms with Crippen LogP contribution >= 0.6 is 0 Å². The normalized spacial score (nSPS) is 11.1. The van der Waals surface area contributed by atoms with Crippen molar-refractivity contribution in [2.45, 2.75) is 20.3 Å². The molecular formula is C25H24N8. The second-order valence-corrected chi connectivity index (χ2v) is 7.94. The largest absolute Gasteiger partial charge is 0.382 e. The minimum atomic E-state index is 0.216. The first-order valence-electron chi connectivity index (χ1n) is 10.8. The standard InChI is InChI=1S/C25H24N8/c1-16-13-21(28-11-8-18-6-4-10-27-14-18)24-32-22(19-7-3-5-17(2)30-19)23(33(24)15-16)20-9-12-29-25(26)31-20/h3-7,9-10,12-15,28H,8,11H2,1-2H3,(H2,26,29,31). The Labute approximate surface area is 191 Å². The van der Waals surface area contributed by atoms with Crippen LogP contribution in [0, 0.1) is 13.8 Å². The van der Waals surface area contributed by atoms with Crippen LogP contribution in [-0.2, 0) is 6.42 Å². The fourth-order valence-corrected chi connectivity index (χ4v) is 3.90. The van der Waals surface area contributed by atoms with E-state index >= 15 is 0 Å². The molecule has 33 heavy (non-hydrogen) atoms. The number of fused-ring (bicyclic) bond motifs is 1. The topological polar surface area (TPSA) is 107 Å². The molecule has 0 saturated heterocycles. The van der Waals surface area contributed by atoms with Gasteiger partial charge >= 0.3 is 0 Å². The van der Waals surface area contributed by atoms with Crippen molar-refractivity contribution in [1.29, 1.82) is 0 Å². The molecule has 0 aliphatic heterocycles. The van der Waals surface area contributed by atoms with Crippen molar-refractivity contribution in [3.05, 3.63) is 84.1 Å². The molecular weight excluding hydrogens is 412 g/mol. The van der Waals surface area contributed by atoms with Gasteiger partial charge in [0.1, 0.15) is 11.4 Å². The third-order valence-corrected chi connectivity index (χ3v) is 5.36. The molecule has 0 aromatic carbocycles. The number of nitrogens with zero attached hydrogens (tertiary/aromatic N) is 6. The van der Waals surface area contributed by atoms with Crippen LogP contribution in [0.15, 0.2) is 67.3 Å². The zero-order valence-electron chi connectivity index (χ0n) is 18.5. The molecule has 8 nitrogen and oxygen atoms in total. The van der Waals surface area contributed by atoms with E-state index in [2.05, 4.69) is 49.9 Å². The fourth-order valence-electron chi connectivity index (χ4n) is 3.90. The predicted octanol–water partition coefficient (Wildman–Crippen LogP) is 4.10. The molecule has 8 heteroatoms. The zero-order valence-corrected chi connectivity index (χ0v) is 18.5. The fraction of sp³-hybridized carbons (Fsp3) is 0.160. The molecule has 5 aromatic rings. The van der Waals surface area contributed by atoms with E-state index in [1.807, 2.05) is 43.5 Å². The number of hydrogen-bond donors (Lipinski definition) is 2. The molecule has 0 atom stereocenters. The summed E-state index contributed by atoms with van der Waals surface area (Å²) >= 11 is 0. The van der Waals surface area contributed by atoms with Gasteiger partial charge in [0.25, 0.3) is 0 Å². The van der Waals surface area contributed by atoms with Crippen LogP contribution in [0.2, 0.25) is 0 Å². The minimum Gasteiger partial charge on any atom is -0.382 e. The quantitative estimate of drug-likeness (QED) is 0.413. The second kappa shape index (κ2) is 8.66. The van der Waals surface area contributed by atoms with E-state index in [0.717, 1.165) is 52.6 Å². The average Bonchev–Trinajstić information content (AvgIpc) is 3.19. The molecule has 0 amide bonds. The van der Waals surface area contributed by atoms with Crippen molar-refractivity contribution >= 4 is 17.3 Å². The first kappa shape index (κ1) is 20.6. The van der Waals surface area contributed by atoms with E-state index in [-0.39, 0.29) is 5.95 Å². The Kier molecular flexibility index (Phi) is 5.40. The number of anilines is 2. The Hall–Kier alpha value is -4.33. The van der Waals surface area contributed by atoms with Crippen molar-refractivity contribution in [2.75, 3.05) is 17.6 Å². The zero-order chi connectivity index (χ0) is 22.8. The predicted molar refractivity (Wildman–Crippen MR) is 130 cm³/mol. The van der Waals surface area contributed by atoms with Crippen LogP contribution in [0.1, 0.15) is 16.8 Å². The molecule has 0 radical (unpaired) electrons. The number of nitrogen functional groups attached to an aromatic ring is 1. The summed E-state index contributed by atoms with van der Waals surface area (Å²) in [5.74, 6) is 0.216. The molecule has 5 aromatic heterocycles. The highest BCUT2D eigenvalue weighted by Gasteiger charge is 2.20. The summed E-state index contributed by atoms with van der Waals surface area (Å²) in [6.07, 6.45) is 8.25. The first-order chi connectivity index (χ1) is 16.1. The Morgan fingerprint density at radius 2 is 1.88 bits per heavy atom. The van der Waals surface area contributed by atoms with E-state index in [1.54, 1.807) is 12.4 Å². The summed E-state index contributed by atoms with van der Waals surface area (Å²) in [6, 6.07) is 13.9. The van der Waals surface area contributed by atoms with Crippen molar-refractivity contribution in [3.8, 4) is 22.8 Å². The molecule has 0 saturated carbocycles. The summed E-state index contributed by atoms with van der Waals surface area (Å²) < 4.78 is 2.06. The van der Waals surface area contributed by atoms with Gasteiger partial charge in [-0.05, 0) is 61.7 Å². The van der Waals surface area contributed by atoms with Crippen LogP contribution in [0.4, 0.5) is 11.6 Å². The van der Waals surface area contributed by atoms with Gasteiger partial charge in [-0.15, -0.1) is 0 Å². The smallest absolute Gasteiger partial charge is 0.220 e. The minimum absolute atomic E-state index is 0.216. The molecule has 0 unspecified atom stereocenters. The lowest BCUT2D eigenvalue weighted by atomic mass is 10.1. The molecule has 0 aliphatic rings. The van der Waals surface area contributed by atoms with Crippen molar-refractivity contribution in [2.24, 2.45) is 0 Å². The number of nitrogens with one attached hydrogen (secondary N) is 1. The maximum absolute atomic E-state index is 5.92. The van der Waals surface area contributed by atoms with Gasteiger partial charge in [-0.25, -0.2) is 15.0 Å². The summed E-state index contributed by atoms with van der Waals surface area (Å²) in [5, 5.41) is 3.55. The number of aryl methyl sites for hydroxylation is 2. The van der Waals surface area contributed by atoms with Crippen LogP contribution in [0.5, 0.6) is 0 Å². The van der Waals surface area contributed by atoms with E-state index in [1.165, 1.54) is 5.56 Å². The maximum Gasteiger partial charge on any atom is 0.220 e. The van der Waals surface area contributed by atoms with Crippen LogP contribution in [0.25, 0.3) is 28.4 Å². The SMILES string of the molecule is Cc1cc(NCCc2cccnc2)c2nc(-c3cccc(C)n3)c(-c3ccnc(N)n3)n2c1. The van der Waals surface area contributed by atoms with Gasteiger partial charge < -0.3 is 11.1 Å². The lowest BCUT2D eigenvalue weighted by Gasteiger charge is -2.10. The van der Waals surface area contributed by atoms with Gasteiger partial charge in [0.15, 0.2) is 5.65 Å². The first-order valence-corrected chi connectivity index (χ1v) is 10.8. The maximum atomic E-state index is 5.92. The molecule has 0 bridgehead atoms. The molecule has 5 heterocycles. The number of aromatic nitrogens is 6. The monoisotopic (exact) mass is 436 g/mol. The van der Waals surface area contributed by atoms with Crippen LogP contribution in [-0.4, -0.2) is 35.9 Å².